The summed E-state index contributed by atoms with van der Waals surface area (Å²) in [5.74, 6) is -0.798. The number of hydrogen-bond donors (Lipinski definition) is 1. The van der Waals surface area contributed by atoms with E-state index in [-0.39, 0.29) is 17.3 Å². The van der Waals surface area contributed by atoms with Gasteiger partial charge in [-0.2, -0.15) is 0 Å². The van der Waals surface area contributed by atoms with Crippen molar-refractivity contribution in [2.45, 2.75) is 44.7 Å². The topological polar surface area (TPSA) is 86.8 Å². The summed E-state index contributed by atoms with van der Waals surface area (Å²) < 4.78 is 29.4. The first-order valence-corrected chi connectivity index (χ1v) is 14.4. The molecule has 0 spiro atoms. The van der Waals surface area contributed by atoms with Crippen molar-refractivity contribution in [2.24, 2.45) is 0 Å². The van der Waals surface area contributed by atoms with E-state index in [4.69, 9.17) is 0 Å². The first kappa shape index (κ1) is 28.4. The number of nitrogens with zero attached hydrogens (tertiary/aromatic N) is 2. The van der Waals surface area contributed by atoms with Gasteiger partial charge in [-0.05, 0) is 67.8 Å². The largest absolute Gasteiger partial charge is 0.355 e. The van der Waals surface area contributed by atoms with Crippen LogP contribution in [0.3, 0.4) is 0 Å². The molecule has 0 saturated carbocycles. The van der Waals surface area contributed by atoms with E-state index in [0.717, 1.165) is 26.3 Å². The Morgan fingerprint density at radius 1 is 0.919 bits per heavy atom. The molecule has 0 heterocycles. The van der Waals surface area contributed by atoms with E-state index >= 15 is 0 Å². The molecule has 3 rings (SSSR count). The number of anilines is 1. The lowest BCUT2D eigenvalue weighted by Crippen LogP contribution is -2.51. The minimum absolute atomic E-state index is 0.0812. The monoisotopic (exact) mass is 585 g/mol. The van der Waals surface area contributed by atoms with Crippen LogP contribution in [0.4, 0.5) is 5.69 Å². The highest BCUT2D eigenvalue weighted by Crippen LogP contribution is 2.25. The van der Waals surface area contributed by atoms with Crippen molar-refractivity contribution in [1.82, 2.24) is 10.2 Å². The molecule has 1 N–H and O–H groups in total. The molecule has 0 fully saturated rings. The molecule has 3 aromatic rings. The zero-order chi connectivity index (χ0) is 27.0. The number of halogens is 1. The maximum atomic E-state index is 13.8. The Bertz CT molecular complexity index is 1310. The van der Waals surface area contributed by atoms with Crippen LogP contribution in [0.5, 0.6) is 0 Å². The summed E-state index contributed by atoms with van der Waals surface area (Å²) in [6.45, 7) is 5.57. The number of carbonyl (C=O) groups is 2. The van der Waals surface area contributed by atoms with Gasteiger partial charge in [-0.15, -0.1) is 0 Å². The number of amides is 2. The van der Waals surface area contributed by atoms with Crippen molar-refractivity contribution >= 4 is 43.5 Å². The van der Waals surface area contributed by atoms with Crippen LogP contribution in [-0.4, -0.2) is 44.3 Å². The second kappa shape index (κ2) is 12.9. The van der Waals surface area contributed by atoms with Gasteiger partial charge in [-0.3, -0.25) is 13.9 Å². The third-order valence-corrected chi connectivity index (χ3v) is 8.28. The molecular formula is C28H32BrN3O4S. The quantitative estimate of drug-likeness (QED) is 0.351. The number of sulfonamides is 1. The minimum Gasteiger partial charge on any atom is -0.355 e. The highest BCUT2D eigenvalue weighted by molar-refractivity contribution is 9.10. The first-order valence-electron chi connectivity index (χ1n) is 12.2. The molecule has 1 unspecified atom stereocenters. The van der Waals surface area contributed by atoms with Gasteiger partial charge >= 0.3 is 0 Å². The van der Waals surface area contributed by atoms with Crippen LogP contribution >= 0.6 is 15.9 Å². The predicted molar refractivity (Wildman–Crippen MR) is 150 cm³/mol. The molecule has 196 valence electrons. The fraction of sp³-hybridized carbons (Fsp3) is 0.286. The summed E-state index contributed by atoms with van der Waals surface area (Å²) >= 11 is 3.44. The summed E-state index contributed by atoms with van der Waals surface area (Å²) in [7, 11) is -4.06. The second-order valence-corrected chi connectivity index (χ2v) is 11.3. The van der Waals surface area contributed by atoms with E-state index in [1.165, 1.54) is 17.0 Å². The molecule has 0 radical (unpaired) electrons. The number of hydrogen-bond acceptors (Lipinski definition) is 4. The highest BCUT2D eigenvalue weighted by Gasteiger charge is 2.32. The Morgan fingerprint density at radius 2 is 1.59 bits per heavy atom. The third kappa shape index (κ3) is 7.20. The van der Waals surface area contributed by atoms with Crippen LogP contribution in [0, 0.1) is 0 Å². The van der Waals surface area contributed by atoms with Crippen molar-refractivity contribution < 1.29 is 18.0 Å². The molecule has 1 atom stereocenters. The van der Waals surface area contributed by atoms with Crippen LogP contribution in [0.1, 0.15) is 31.9 Å². The van der Waals surface area contributed by atoms with Gasteiger partial charge in [-0.25, -0.2) is 8.42 Å². The number of carbonyl (C=O) groups excluding carboxylic acids is 2. The van der Waals surface area contributed by atoms with Crippen LogP contribution in [0.25, 0.3) is 0 Å². The normalized spacial score (nSPS) is 12.0. The molecule has 0 aliphatic heterocycles. The predicted octanol–water partition coefficient (Wildman–Crippen LogP) is 4.76. The lowest BCUT2D eigenvalue weighted by molar-refractivity contribution is -0.139. The summed E-state index contributed by atoms with van der Waals surface area (Å²) in [6, 6.07) is 21.8. The van der Waals surface area contributed by atoms with E-state index in [2.05, 4.69) is 21.2 Å². The lowest BCUT2D eigenvalue weighted by atomic mass is 10.1. The zero-order valence-electron chi connectivity index (χ0n) is 21.2. The zero-order valence-corrected chi connectivity index (χ0v) is 23.6. The Balaban J connectivity index is 2.02. The van der Waals surface area contributed by atoms with Crippen molar-refractivity contribution in [3.8, 4) is 0 Å². The fourth-order valence-corrected chi connectivity index (χ4v) is 5.76. The van der Waals surface area contributed by atoms with Gasteiger partial charge in [0.05, 0.1) is 10.6 Å². The summed E-state index contributed by atoms with van der Waals surface area (Å²) in [6.07, 6.45) is 0.801. The molecule has 0 aliphatic carbocycles. The molecular weight excluding hydrogens is 554 g/mol. The smallest absolute Gasteiger partial charge is 0.264 e. The fourth-order valence-electron chi connectivity index (χ4n) is 3.88. The molecule has 37 heavy (non-hydrogen) atoms. The maximum Gasteiger partial charge on any atom is 0.264 e. The van der Waals surface area contributed by atoms with Crippen molar-refractivity contribution in [2.75, 3.05) is 17.4 Å². The van der Waals surface area contributed by atoms with E-state index in [1.54, 1.807) is 44.2 Å². The van der Waals surface area contributed by atoms with Gasteiger partial charge < -0.3 is 10.2 Å². The van der Waals surface area contributed by atoms with Crippen LogP contribution < -0.4 is 9.62 Å². The molecule has 2 amide bonds. The van der Waals surface area contributed by atoms with Gasteiger partial charge in [0.1, 0.15) is 12.6 Å². The van der Waals surface area contributed by atoms with E-state index in [0.29, 0.717) is 12.2 Å². The Hall–Kier alpha value is -3.17. The number of aryl methyl sites for hydroxylation is 1. The van der Waals surface area contributed by atoms with Crippen LogP contribution in [0.15, 0.2) is 88.2 Å². The standard InChI is InChI=1S/C28H32BrN3O4S/c1-4-22-14-16-25(17-15-22)32(37(35,36)26-12-7-6-8-13-26)20-27(33)31(21(3)28(34)30-5-2)19-23-10-9-11-24(29)18-23/h6-18,21H,4-5,19-20H2,1-3H3,(H,30,34). The molecule has 9 heteroatoms. The first-order chi connectivity index (χ1) is 17.7. The van der Waals surface area contributed by atoms with Crippen molar-refractivity contribution in [1.29, 1.82) is 0 Å². The molecule has 0 aromatic heterocycles. The van der Waals surface area contributed by atoms with Crippen LogP contribution in [0.2, 0.25) is 0 Å². The van der Waals surface area contributed by atoms with Gasteiger partial charge in [0.2, 0.25) is 11.8 Å². The molecule has 0 aliphatic rings. The SMILES string of the molecule is CCNC(=O)C(C)N(Cc1cccc(Br)c1)C(=O)CN(c1ccc(CC)cc1)S(=O)(=O)c1ccccc1. The Kier molecular flexibility index (Phi) is 9.88. The molecule has 7 nitrogen and oxygen atoms in total. The van der Waals surface area contributed by atoms with Gasteiger partial charge in [0.15, 0.2) is 0 Å². The number of nitrogens with one attached hydrogen (secondary N) is 1. The maximum absolute atomic E-state index is 13.8. The van der Waals surface area contributed by atoms with E-state index < -0.39 is 28.5 Å². The Morgan fingerprint density at radius 3 is 2.19 bits per heavy atom. The second-order valence-electron chi connectivity index (χ2n) is 8.57. The molecule has 0 saturated heterocycles. The number of likely N-dealkylation sites (N-methyl/N-ethyl adjacent to an activating group) is 1. The number of benzene rings is 3. The molecule has 0 bridgehead atoms. The van der Waals surface area contributed by atoms with E-state index in [1.807, 2.05) is 43.3 Å². The summed E-state index contributed by atoms with van der Waals surface area (Å²) in [5, 5.41) is 2.76. The molecule has 3 aromatic carbocycles. The average Bonchev–Trinajstić information content (AvgIpc) is 2.90. The van der Waals surface area contributed by atoms with Gasteiger partial charge in [-0.1, -0.05) is 65.3 Å². The number of rotatable bonds is 11. The summed E-state index contributed by atoms with van der Waals surface area (Å²) in [4.78, 5) is 28.0. The minimum atomic E-state index is -4.06. The van der Waals surface area contributed by atoms with Gasteiger partial charge in [0, 0.05) is 17.6 Å². The van der Waals surface area contributed by atoms with Crippen molar-refractivity contribution in [3.63, 3.8) is 0 Å². The highest BCUT2D eigenvalue weighted by atomic mass is 79.9. The van der Waals surface area contributed by atoms with Crippen LogP contribution in [-0.2, 0) is 32.6 Å². The third-order valence-electron chi connectivity index (χ3n) is 6.00. The summed E-state index contributed by atoms with van der Waals surface area (Å²) in [5.41, 5.74) is 2.24. The average molecular weight is 587 g/mol. The van der Waals surface area contributed by atoms with Gasteiger partial charge in [0.25, 0.3) is 10.0 Å². The lowest BCUT2D eigenvalue weighted by Gasteiger charge is -2.32. The van der Waals surface area contributed by atoms with E-state index in [9.17, 15) is 18.0 Å². The van der Waals surface area contributed by atoms with Crippen molar-refractivity contribution in [3.05, 3.63) is 94.5 Å². The Labute approximate surface area is 227 Å².